The number of rotatable bonds is 5. The third-order valence-corrected chi connectivity index (χ3v) is 2.44. The average Bonchev–Trinajstić information content (AvgIpc) is 2.49. The van der Waals surface area contributed by atoms with E-state index in [4.69, 9.17) is 4.74 Å². The Morgan fingerprint density at radius 2 is 2.10 bits per heavy atom. The number of carbonyl (C=O) groups excluding carboxylic acids is 1. The molecule has 0 unspecified atom stereocenters. The van der Waals surface area contributed by atoms with Crippen LogP contribution in [0.15, 0.2) is 48.9 Å². The highest BCUT2D eigenvalue weighted by molar-refractivity contribution is 6.02. The van der Waals surface area contributed by atoms with E-state index in [-0.39, 0.29) is 5.91 Å². The predicted octanol–water partition coefficient (Wildman–Crippen LogP) is 2.53. The summed E-state index contributed by atoms with van der Waals surface area (Å²) in [6.07, 6.45) is 8.14. The average molecular weight is 269 g/mol. The van der Waals surface area contributed by atoms with Crippen LogP contribution in [0.1, 0.15) is 12.5 Å². The summed E-state index contributed by atoms with van der Waals surface area (Å²) in [5.41, 5.74) is 1.46. The quantitative estimate of drug-likeness (QED) is 0.847. The maximum Gasteiger partial charge on any atom is 0.248 e. The van der Waals surface area contributed by atoms with E-state index >= 15 is 0 Å². The van der Waals surface area contributed by atoms with E-state index in [0.717, 1.165) is 5.56 Å². The monoisotopic (exact) mass is 269 g/mol. The van der Waals surface area contributed by atoms with Gasteiger partial charge in [0, 0.05) is 24.7 Å². The molecule has 0 aliphatic heterocycles. The van der Waals surface area contributed by atoms with Gasteiger partial charge in [0.25, 0.3) is 0 Å². The Kier molecular flexibility index (Phi) is 4.83. The molecule has 20 heavy (non-hydrogen) atoms. The number of nitrogens with zero attached hydrogens (tertiary/aromatic N) is 2. The van der Waals surface area contributed by atoms with Crippen LogP contribution in [-0.2, 0) is 4.79 Å². The number of hydrogen-bond donors (Lipinski definition) is 1. The molecule has 1 amide bonds. The van der Waals surface area contributed by atoms with Crippen LogP contribution in [0.3, 0.4) is 0 Å². The third-order valence-electron chi connectivity index (χ3n) is 2.44. The first-order valence-corrected chi connectivity index (χ1v) is 6.26. The Balaban J connectivity index is 2.03. The molecule has 1 N–H and O–H groups in total. The maximum absolute atomic E-state index is 11.8. The SMILES string of the molecule is CCOc1ncccc1NC(=O)/C=C/c1ccncc1. The minimum atomic E-state index is -0.240. The second-order valence-corrected chi connectivity index (χ2v) is 3.89. The van der Waals surface area contributed by atoms with E-state index in [1.54, 1.807) is 36.8 Å². The van der Waals surface area contributed by atoms with Gasteiger partial charge in [-0.05, 0) is 42.8 Å². The zero-order valence-electron chi connectivity index (χ0n) is 11.1. The minimum Gasteiger partial charge on any atom is -0.476 e. The summed E-state index contributed by atoms with van der Waals surface area (Å²) >= 11 is 0. The fraction of sp³-hybridized carbons (Fsp3) is 0.133. The molecule has 0 aliphatic carbocycles. The van der Waals surface area contributed by atoms with Crippen LogP contribution in [0, 0.1) is 0 Å². The summed E-state index contributed by atoms with van der Waals surface area (Å²) in [7, 11) is 0. The lowest BCUT2D eigenvalue weighted by Crippen LogP contribution is -2.10. The summed E-state index contributed by atoms with van der Waals surface area (Å²) in [5, 5.41) is 2.74. The highest BCUT2D eigenvalue weighted by atomic mass is 16.5. The van der Waals surface area contributed by atoms with Gasteiger partial charge in [0.15, 0.2) is 0 Å². The molecule has 0 spiro atoms. The van der Waals surface area contributed by atoms with Gasteiger partial charge in [-0.25, -0.2) is 4.98 Å². The van der Waals surface area contributed by atoms with E-state index in [1.807, 2.05) is 19.1 Å². The van der Waals surface area contributed by atoms with Crippen LogP contribution >= 0.6 is 0 Å². The van der Waals surface area contributed by atoms with Crippen molar-refractivity contribution in [1.82, 2.24) is 9.97 Å². The first-order chi connectivity index (χ1) is 9.79. The molecule has 0 aliphatic rings. The molecule has 2 rings (SSSR count). The highest BCUT2D eigenvalue weighted by Crippen LogP contribution is 2.20. The fourth-order valence-corrected chi connectivity index (χ4v) is 1.56. The summed E-state index contributed by atoms with van der Waals surface area (Å²) in [6, 6.07) is 7.12. The van der Waals surface area contributed by atoms with E-state index in [0.29, 0.717) is 18.2 Å². The van der Waals surface area contributed by atoms with E-state index in [9.17, 15) is 4.79 Å². The fourth-order valence-electron chi connectivity index (χ4n) is 1.56. The summed E-state index contributed by atoms with van der Waals surface area (Å²) in [4.78, 5) is 19.8. The lowest BCUT2D eigenvalue weighted by atomic mass is 10.2. The molecule has 2 aromatic rings. The molecule has 0 saturated carbocycles. The molecule has 0 bridgehead atoms. The van der Waals surface area contributed by atoms with Crippen molar-refractivity contribution in [2.75, 3.05) is 11.9 Å². The molecular weight excluding hydrogens is 254 g/mol. The number of ether oxygens (including phenoxy) is 1. The summed E-state index contributed by atoms with van der Waals surface area (Å²) in [5.74, 6) is 0.177. The number of amides is 1. The minimum absolute atomic E-state index is 0.240. The topological polar surface area (TPSA) is 64.1 Å². The van der Waals surface area contributed by atoms with Crippen molar-refractivity contribution in [3.63, 3.8) is 0 Å². The van der Waals surface area contributed by atoms with Gasteiger partial charge in [0.1, 0.15) is 5.69 Å². The second-order valence-electron chi connectivity index (χ2n) is 3.89. The predicted molar refractivity (Wildman–Crippen MR) is 77.3 cm³/mol. The first-order valence-electron chi connectivity index (χ1n) is 6.26. The zero-order chi connectivity index (χ0) is 14.2. The highest BCUT2D eigenvalue weighted by Gasteiger charge is 2.05. The van der Waals surface area contributed by atoms with E-state index in [2.05, 4.69) is 15.3 Å². The first kappa shape index (κ1) is 13.7. The van der Waals surface area contributed by atoms with Gasteiger partial charge in [-0.3, -0.25) is 9.78 Å². The van der Waals surface area contributed by atoms with Crippen LogP contribution < -0.4 is 10.1 Å². The van der Waals surface area contributed by atoms with Crippen molar-refractivity contribution in [2.45, 2.75) is 6.92 Å². The standard InChI is InChI=1S/C15H15N3O2/c1-2-20-15-13(4-3-9-17-15)18-14(19)6-5-12-7-10-16-11-8-12/h3-11H,2H2,1H3,(H,18,19)/b6-5+. The van der Waals surface area contributed by atoms with Crippen molar-refractivity contribution < 1.29 is 9.53 Å². The molecule has 0 atom stereocenters. The molecule has 5 heteroatoms. The van der Waals surface area contributed by atoms with Gasteiger partial charge >= 0.3 is 0 Å². The maximum atomic E-state index is 11.8. The molecule has 0 saturated heterocycles. The van der Waals surface area contributed by atoms with Gasteiger partial charge in [-0.2, -0.15) is 0 Å². The number of anilines is 1. The summed E-state index contributed by atoms with van der Waals surface area (Å²) in [6.45, 7) is 2.36. The van der Waals surface area contributed by atoms with Gasteiger partial charge in [0.2, 0.25) is 11.8 Å². The van der Waals surface area contributed by atoms with Crippen LogP contribution in [0.2, 0.25) is 0 Å². The Labute approximate surface area is 117 Å². The smallest absolute Gasteiger partial charge is 0.248 e. The number of aromatic nitrogens is 2. The number of nitrogens with one attached hydrogen (secondary N) is 1. The van der Waals surface area contributed by atoms with Crippen LogP contribution in [-0.4, -0.2) is 22.5 Å². The zero-order valence-corrected chi connectivity index (χ0v) is 11.1. The van der Waals surface area contributed by atoms with Crippen LogP contribution in [0.5, 0.6) is 5.88 Å². The number of pyridine rings is 2. The van der Waals surface area contributed by atoms with E-state index in [1.165, 1.54) is 6.08 Å². The molecule has 102 valence electrons. The lowest BCUT2D eigenvalue weighted by Gasteiger charge is -2.08. The molecular formula is C15H15N3O2. The normalized spacial score (nSPS) is 10.4. The van der Waals surface area contributed by atoms with Crippen LogP contribution in [0.4, 0.5) is 5.69 Å². The van der Waals surface area contributed by atoms with Gasteiger partial charge in [-0.1, -0.05) is 0 Å². The second kappa shape index (κ2) is 7.04. The molecule has 5 nitrogen and oxygen atoms in total. The Morgan fingerprint density at radius 1 is 1.30 bits per heavy atom. The molecule has 0 radical (unpaired) electrons. The largest absolute Gasteiger partial charge is 0.476 e. The van der Waals surface area contributed by atoms with Crippen molar-refractivity contribution in [2.24, 2.45) is 0 Å². The molecule has 2 aromatic heterocycles. The van der Waals surface area contributed by atoms with Gasteiger partial charge < -0.3 is 10.1 Å². The Morgan fingerprint density at radius 3 is 2.85 bits per heavy atom. The van der Waals surface area contributed by atoms with Gasteiger partial charge in [0.05, 0.1) is 6.61 Å². The summed E-state index contributed by atoms with van der Waals surface area (Å²) < 4.78 is 5.34. The van der Waals surface area contributed by atoms with Crippen molar-refractivity contribution in [1.29, 1.82) is 0 Å². The van der Waals surface area contributed by atoms with Crippen LogP contribution in [0.25, 0.3) is 6.08 Å². The Bertz CT molecular complexity index is 597. The molecule has 0 aromatic carbocycles. The van der Waals surface area contributed by atoms with E-state index < -0.39 is 0 Å². The molecule has 2 heterocycles. The number of hydrogen-bond acceptors (Lipinski definition) is 4. The third kappa shape index (κ3) is 3.91. The van der Waals surface area contributed by atoms with Crippen molar-refractivity contribution in [3.05, 3.63) is 54.5 Å². The molecule has 0 fully saturated rings. The lowest BCUT2D eigenvalue weighted by molar-refractivity contribution is -0.111. The van der Waals surface area contributed by atoms with Crippen molar-refractivity contribution in [3.8, 4) is 5.88 Å². The Hall–Kier alpha value is -2.69. The van der Waals surface area contributed by atoms with Gasteiger partial charge in [-0.15, -0.1) is 0 Å². The number of carbonyl (C=O) groups is 1. The van der Waals surface area contributed by atoms with Crippen molar-refractivity contribution >= 4 is 17.7 Å².